The minimum Gasteiger partial charge on any atom is -0.341 e. The van der Waals surface area contributed by atoms with Crippen molar-refractivity contribution in [1.82, 2.24) is 9.62 Å². The highest BCUT2D eigenvalue weighted by Crippen LogP contribution is 2.51. The maximum atomic E-state index is 14.4. The van der Waals surface area contributed by atoms with Crippen LogP contribution in [0.4, 0.5) is 8.78 Å². The maximum Gasteiger partial charge on any atom is 0.226 e. The largest absolute Gasteiger partial charge is 0.341 e. The van der Waals surface area contributed by atoms with E-state index in [0.29, 0.717) is 31.5 Å². The lowest BCUT2D eigenvalue weighted by Crippen LogP contribution is -2.52. The number of hydrogen-bond acceptors (Lipinski definition) is 3. The first-order chi connectivity index (χ1) is 14.6. The molecule has 166 valence electrons. The highest BCUT2D eigenvalue weighted by Gasteiger charge is 2.47. The van der Waals surface area contributed by atoms with Crippen LogP contribution < -0.4 is 4.72 Å². The van der Waals surface area contributed by atoms with Crippen molar-refractivity contribution in [3.8, 4) is 11.1 Å². The molecule has 0 radical (unpaired) electrons. The summed E-state index contributed by atoms with van der Waals surface area (Å²) in [5, 5.41) is 0. The lowest BCUT2D eigenvalue weighted by molar-refractivity contribution is -0.134. The fourth-order valence-corrected chi connectivity index (χ4v) is 5.55. The predicted octanol–water partition coefficient (Wildman–Crippen LogP) is 3.52. The average molecular weight is 449 g/mol. The van der Waals surface area contributed by atoms with Crippen LogP contribution >= 0.6 is 0 Å². The number of nitrogens with zero attached hydrogens (tertiary/aromatic N) is 1. The minimum atomic E-state index is -3.36. The normalized spacial score (nSPS) is 26.0. The molecule has 2 aliphatic rings. The van der Waals surface area contributed by atoms with Gasteiger partial charge in [-0.05, 0) is 47.9 Å². The molecule has 1 aliphatic carbocycles. The van der Waals surface area contributed by atoms with Crippen LogP contribution in [0, 0.1) is 23.5 Å². The second kappa shape index (κ2) is 8.31. The molecule has 2 aromatic carbocycles. The van der Waals surface area contributed by atoms with Gasteiger partial charge < -0.3 is 4.90 Å². The zero-order valence-corrected chi connectivity index (χ0v) is 18.3. The van der Waals surface area contributed by atoms with E-state index in [1.807, 2.05) is 19.1 Å². The fraction of sp³-hybridized carbons (Fsp3) is 0.435. The third-order valence-electron chi connectivity index (χ3n) is 6.05. The van der Waals surface area contributed by atoms with Crippen LogP contribution in [0.1, 0.15) is 31.2 Å². The van der Waals surface area contributed by atoms with Crippen molar-refractivity contribution in [3.05, 3.63) is 59.7 Å². The van der Waals surface area contributed by atoms with Crippen LogP contribution in [0.25, 0.3) is 11.1 Å². The van der Waals surface area contributed by atoms with Crippen LogP contribution in [0.2, 0.25) is 0 Å². The Morgan fingerprint density at radius 3 is 2.39 bits per heavy atom. The van der Waals surface area contributed by atoms with Crippen molar-refractivity contribution in [2.75, 3.05) is 19.3 Å². The van der Waals surface area contributed by atoms with Gasteiger partial charge in [0.2, 0.25) is 15.9 Å². The second-order valence-electron chi connectivity index (χ2n) is 8.80. The predicted molar refractivity (Wildman–Crippen MR) is 115 cm³/mol. The molecule has 5 nitrogen and oxygen atoms in total. The van der Waals surface area contributed by atoms with Gasteiger partial charge in [-0.2, -0.15) is 0 Å². The molecular formula is C23H26F2N2O3S. The van der Waals surface area contributed by atoms with Crippen molar-refractivity contribution in [1.29, 1.82) is 0 Å². The second-order valence-corrected chi connectivity index (χ2v) is 10.6. The topological polar surface area (TPSA) is 66.5 Å². The van der Waals surface area contributed by atoms with Crippen molar-refractivity contribution in [2.45, 2.75) is 31.7 Å². The molecule has 0 unspecified atom stereocenters. The van der Waals surface area contributed by atoms with E-state index in [0.717, 1.165) is 11.8 Å². The Bertz CT molecular complexity index is 1090. The highest BCUT2D eigenvalue weighted by molar-refractivity contribution is 7.88. The number of likely N-dealkylation sites (tertiary alicyclic amines) is 1. The number of carbonyl (C=O) groups excluding carboxylic acids is 1. The van der Waals surface area contributed by atoms with Crippen molar-refractivity contribution in [2.24, 2.45) is 11.8 Å². The monoisotopic (exact) mass is 448 g/mol. The van der Waals surface area contributed by atoms with Gasteiger partial charge in [0.25, 0.3) is 0 Å². The summed E-state index contributed by atoms with van der Waals surface area (Å²) in [6, 6.07) is 10.5. The number of piperidine rings is 1. The van der Waals surface area contributed by atoms with Gasteiger partial charge in [0, 0.05) is 25.0 Å². The first kappa shape index (κ1) is 21.9. The van der Waals surface area contributed by atoms with Gasteiger partial charge in [0.15, 0.2) is 0 Å². The molecule has 2 aromatic rings. The summed E-state index contributed by atoms with van der Waals surface area (Å²) >= 11 is 0. The number of amides is 1. The molecule has 0 spiro atoms. The molecule has 1 saturated heterocycles. The summed E-state index contributed by atoms with van der Waals surface area (Å²) < 4.78 is 54.6. The van der Waals surface area contributed by atoms with Gasteiger partial charge in [0.05, 0.1) is 11.8 Å². The van der Waals surface area contributed by atoms with Crippen molar-refractivity contribution < 1.29 is 22.0 Å². The first-order valence-electron chi connectivity index (χ1n) is 10.4. The standard InChI is InChI=1S/C23H26F2N2O3S/c1-14-10-15(26-31(2,29)30)13-27(12-14)23(28)19-11-18(19)16-6-3-4-7-17(16)22-20(24)8-5-9-21(22)25/h3-9,14-15,18-19,26H,10-13H2,1-2H3/t14-,15-,18-,19+/m0/s1. The lowest BCUT2D eigenvalue weighted by Gasteiger charge is -2.36. The van der Waals surface area contributed by atoms with Crippen LogP contribution in [0.5, 0.6) is 0 Å². The van der Waals surface area contributed by atoms with E-state index in [1.54, 1.807) is 17.0 Å². The minimum absolute atomic E-state index is 0.0272. The van der Waals surface area contributed by atoms with Crippen LogP contribution in [-0.2, 0) is 14.8 Å². The third-order valence-corrected chi connectivity index (χ3v) is 6.81. The molecule has 8 heteroatoms. The number of halogens is 2. The zero-order chi connectivity index (χ0) is 22.3. The maximum absolute atomic E-state index is 14.4. The van der Waals surface area contributed by atoms with Gasteiger partial charge in [-0.1, -0.05) is 37.3 Å². The number of benzene rings is 2. The molecule has 2 fully saturated rings. The van der Waals surface area contributed by atoms with E-state index in [2.05, 4.69) is 4.72 Å². The molecule has 31 heavy (non-hydrogen) atoms. The molecule has 0 aromatic heterocycles. The Labute approximate surface area is 181 Å². The van der Waals surface area contributed by atoms with Crippen LogP contribution in [0.3, 0.4) is 0 Å². The molecule has 4 atom stereocenters. The van der Waals surface area contributed by atoms with Gasteiger partial charge in [-0.25, -0.2) is 21.9 Å². The molecule has 1 amide bonds. The Morgan fingerprint density at radius 2 is 1.71 bits per heavy atom. The highest BCUT2D eigenvalue weighted by atomic mass is 32.2. The number of carbonyl (C=O) groups is 1. The Morgan fingerprint density at radius 1 is 1.03 bits per heavy atom. The number of sulfonamides is 1. The van der Waals surface area contributed by atoms with Crippen LogP contribution in [0.15, 0.2) is 42.5 Å². The molecule has 1 aliphatic heterocycles. The molecule has 0 bridgehead atoms. The van der Waals surface area contributed by atoms with E-state index in [-0.39, 0.29) is 35.3 Å². The number of nitrogens with one attached hydrogen (secondary N) is 1. The van der Waals surface area contributed by atoms with Crippen molar-refractivity contribution >= 4 is 15.9 Å². The molecular weight excluding hydrogens is 422 g/mol. The quantitative estimate of drug-likeness (QED) is 0.761. The molecule has 1 saturated carbocycles. The number of rotatable bonds is 5. The van der Waals surface area contributed by atoms with Gasteiger partial charge in [0.1, 0.15) is 11.6 Å². The third kappa shape index (κ3) is 4.80. The summed E-state index contributed by atoms with van der Waals surface area (Å²) in [7, 11) is -3.36. The summed E-state index contributed by atoms with van der Waals surface area (Å²) in [4.78, 5) is 14.9. The summed E-state index contributed by atoms with van der Waals surface area (Å²) in [5.74, 6) is -1.48. The number of hydrogen-bond donors (Lipinski definition) is 1. The summed E-state index contributed by atoms with van der Waals surface area (Å²) in [6.07, 6.45) is 2.41. The van der Waals surface area contributed by atoms with Gasteiger partial charge in [-0.15, -0.1) is 0 Å². The lowest BCUT2D eigenvalue weighted by atomic mass is 9.94. The Hall–Kier alpha value is -2.32. The Kier molecular flexibility index (Phi) is 5.87. The van der Waals surface area contributed by atoms with Gasteiger partial charge >= 0.3 is 0 Å². The zero-order valence-electron chi connectivity index (χ0n) is 17.5. The van der Waals surface area contributed by atoms with E-state index >= 15 is 0 Å². The van der Waals surface area contributed by atoms with Crippen LogP contribution in [-0.4, -0.2) is 44.6 Å². The van der Waals surface area contributed by atoms with E-state index in [1.165, 1.54) is 18.2 Å². The SMILES string of the molecule is C[C@H]1C[C@H](NS(C)(=O)=O)CN(C(=O)[C@@H]2C[C@H]2c2ccccc2-c2c(F)cccc2F)C1. The fourth-order valence-electron chi connectivity index (χ4n) is 4.77. The Balaban J connectivity index is 1.54. The van der Waals surface area contributed by atoms with E-state index in [9.17, 15) is 22.0 Å². The smallest absolute Gasteiger partial charge is 0.226 e. The first-order valence-corrected chi connectivity index (χ1v) is 12.3. The average Bonchev–Trinajstić information content (AvgIpc) is 3.46. The summed E-state index contributed by atoms with van der Waals surface area (Å²) in [6.45, 7) is 2.91. The van der Waals surface area contributed by atoms with E-state index in [4.69, 9.17) is 0 Å². The molecule has 1 N–H and O–H groups in total. The van der Waals surface area contributed by atoms with Gasteiger partial charge in [-0.3, -0.25) is 4.79 Å². The van der Waals surface area contributed by atoms with E-state index < -0.39 is 21.7 Å². The summed E-state index contributed by atoms with van der Waals surface area (Å²) in [5.41, 5.74) is 1.17. The molecule has 1 heterocycles. The molecule has 4 rings (SSSR count). The van der Waals surface area contributed by atoms with Crippen molar-refractivity contribution in [3.63, 3.8) is 0 Å².